The molecule has 0 radical (unpaired) electrons. The van der Waals surface area contributed by atoms with Crippen LogP contribution in [0.3, 0.4) is 0 Å². The van der Waals surface area contributed by atoms with Crippen LogP contribution in [0.1, 0.15) is 51.9 Å². The first-order valence-corrected chi connectivity index (χ1v) is 5.67. The Morgan fingerprint density at radius 1 is 1.31 bits per heavy atom. The molecule has 2 N–H and O–H groups in total. The third kappa shape index (κ3) is 1.96. The third-order valence-corrected chi connectivity index (χ3v) is 3.77. The van der Waals surface area contributed by atoms with Crippen LogP contribution in [0.4, 0.5) is 0 Å². The number of nitrogens with two attached hydrogens (primary N) is 1. The highest BCUT2D eigenvalue weighted by Crippen LogP contribution is 2.50. The van der Waals surface area contributed by atoms with Gasteiger partial charge in [-0.05, 0) is 43.9 Å². The van der Waals surface area contributed by atoms with E-state index in [0.29, 0.717) is 11.5 Å². The molecule has 74 valence electrons. The predicted octanol–water partition coefficient (Wildman–Crippen LogP) is 3.00. The second-order valence-electron chi connectivity index (χ2n) is 5.01. The van der Waals surface area contributed by atoms with Crippen LogP contribution in [0.5, 0.6) is 0 Å². The summed E-state index contributed by atoms with van der Waals surface area (Å²) < 4.78 is 0. The first-order chi connectivity index (χ1) is 6.22. The highest BCUT2D eigenvalue weighted by molar-refractivity contribution is 5.19. The van der Waals surface area contributed by atoms with Crippen LogP contribution in [-0.2, 0) is 0 Å². The van der Waals surface area contributed by atoms with Gasteiger partial charge in [-0.2, -0.15) is 0 Å². The molecule has 0 spiro atoms. The summed E-state index contributed by atoms with van der Waals surface area (Å²) in [5.41, 5.74) is 8.31. The summed E-state index contributed by atoms with van der Waals surface area (Å²) >= 11 is 0. The topological polar surface area (TPSA) is 26.0 Å². The zero-order valence-corrected chi connectivity index (χ0v) is 8.68. The number of hydrogen-bond acceptors (Lipinski definition) is 1. The monoisotopic (exact) mass is 179 g/mol. The Kier molecular flexibility index (Phi) is 2.46. The van der Waals surface area contributed by atoms with Crippen LogP contribution in [0.15, 0.2) is 11.6 Å². The lowest BCUT2D eigenvalue weighted by atomic mass is 9.90. The molecule has 2 aliphatic rings. The van der Waals surface area contributed by atoms with E-state index in [4.69, 9.17) is 5.73 Å². The number of hydrogen-bond donors (Lipinski definition) is 1. The quantitative estimate of drug-likeness (QED) is 0.648. The van der Waals surface area contributed by atoms with Crippen LogP contribution in [0, 0.1) is 5.41 Å². The van der Waals surface area contributed by atoms with Crippen molar-refractivity contribution in [3.8, 4) is 0 Å². The van der Waals surface area contributed by atoms with E-state index in [0.717, 1.165) is 0 Å². The molecule has 13 heavy (non-hydrogen) atoms. The van der Waals surface area contributed by atoms with Crippen LogP contribution >= 0.6 is 0 Å². The minimum absolute atomic E-state index is 0.366. The summed E-state index contributed by atoms with van der Waals surface area (Å²) in [7, 11) is 0. The Morgan fingerprint density at radius 2 is 2.08 bits per heavy atom. The molecule has 1 unspecified atom stereocenters. The molecule has 0 heterocycles. The second-order valence-corrected chi connectivity index (χ2v) is 5.01. The lowest BCUT2D eigenvalue weighted by molar-refractivity contribution is 0.471. The average Bonchev–Trinajstić information content (AvgIpc) is 2.88. The SMILES string of the molecule is CC1(C(N)C2=CCCCCC2)CC1. The second kappa shape index (κ2) is 3.45. The maximum atomic E-state index is 6.29. The van der Waals surface area contributed by atoms with E-state index in [1.807, 2.05) is 0 Å². The molecule has 0 aromatic rings. The zero-order valence-electron chi connectivity index (χ0n) is 8.68. The lowest BCUT2D eigenvalue weighted by Crippen LogP contribution is -2.31. The average molecular weight is 179 g/mol. The van der Waals surface area contributed by atoms with Crippen LogP contribution in [-0.4, -0.2) is 6.04 Å². The summed E-state index contributed by atoms with van der Waals surface area (Å²) in [5.74, 6) is 0. The van der Waals surface area contributed by atoms with Gasteiger partial charge < -0.3 is 5.73 Å². The summed E-state index contributed by atoms with van der Waals surface area (Å²) in [6, 6.07) is 0.366. The Morgan fingerprint density at radius 3 is 2.77 bits per heavy atom. The molecular weight excluding hydrogens is 158 g/mol. The van der Waals surface area contributed by atoms with Gasteiger partial charge in [0.2, 0.25) is 0 Å². The van der Waals surface area contributed by atoms with Crippen molar-refractivity contribution in [2.24, 2.45) is 11.1 Å². The molecule has 2 rings (SSSR count). The highest BCUT2D eigenvalue weighted by atomic mass is 14.7. The third-order valence-electron chi connectivity index (χ3n) is 3.77. The minimum atomic E-state index is 0.366. The van der Waals surface area contributed by atoms with Crippen molar-refractivity contribution in [2.45, 2.75) is 57.9 Å². The van der Waals surface area contributed by atoms with Gasteiger partial charge in [-0.3, -0.25) is 0 Å². The van der Waals surface area contributed by atoms with Crippen molar-refractivity contribution in [1.29, 1.82) is 0 Å². The van der Waals surface area contributed by atoms with Crippen LogP contribution in [0.2, 0.25) is 0 Å². The molecule has 0 amide bonds. The van der Waals surface area contributed by atoms with E-state index in [2.05, 4.69) is 13.0 Å². The molecule has 2 aliphatic carbocycles. The largest absolute Gasteiger partial charge is 0.324 e. The number of rotatable bonds is 2. The van der Waals surface area contributed by atoms with Crippen LogP contribution < -0.4 is 5.73 Å². The summed E-state index contributed by atoms with van der Waals surface area (Å²) in [6.07, 6.45) is 11.7. The van der Waals surface area contributed by atoms with Gasteiger partial charge in [0, 0.05) is 6.04 Å². The van der Waals surface area contributed by atoms with Gasteiger partial charge in [0.05, 0.1) is 0 Å². The van der Waals surface area contributed by atoms with Gasteiger partial charge in [-0.25, -0.2) is 0 Å². The predicted molar refractivity (Wildman–Crippen MR) is 56.5 cm³/mol. The summed E-state index contributed by atoms with van der Waals surface area (Å²) in [5, 5.41) is 0. The molecule has 1 fully saturated rings. The molecule has 1 saturated carbocycles. The Balaban J connectivity index is 2.01. The van der Waals surface area contributed by atoms with Gasteiger partial charge in [0.15, 0.2) is 0 Å². The first kappa shape index (κ1) is 9.26. The fraction of sp³-hybridized carbons (Fsp3) is 0.833. The normalized spacial score (nSPS) is 28.9. The van der Waals surface area contributed by atoms with E-state index in [9.17, 15) is 0 Å². The molecule has 1 nitrogen and oxygen atoms in total. The molecular formula is C12H21N. The fourth-order valence-electron chi connectivity index (χ4n) is 2.28. The molecule has 0 bridgehead atoms. The van der Waals surface area contributed by atoms with Crippen molar-refractivity contribution in [3.05, 3.63) is 11.6 Å². The smallest absolute Gasteiger partial charge is 0.0308 e. The van der Waals surface area contributed by atoms with E-state index < -0.39 is 0 Å². The highest BCUT2D eigenvalue weighted by Gasteiger charge is 2.44. The molecule has 0 aliphatic heterocycles. The van der Waals surface area contributed by atoms with Gasteiger partial charge in [-0.15, -0.1) is 0 Å². The van der Waals surface area contributed by atoms with E-state index in [1.165, 1.54) is 44.9 Å². The maximum absolute atomic E-state index is 6.29. The summed E-state index contributed by atoms with van der Waals surface area (Å²) in [6.45, 7) is 2.34. The Bertz CT molecular complexity index is 213. The fourth-order valence-corrected chi connectivity index (χ4v) is 2.28. The molecule has 0 aromatic carbocycles. The van der Waals surface area contributed by atoms with Crippen molar-refractivity contribution in [3.63, 3.8) is 0 Å². The van der Waals surface area contributed by atoms with Gasteiger partial charge in [0.25, 0.3) is 0 Å². The van der Waals surface area contributed by atoms with Gasteiger partial charge in [0.1, 0.15) is 0 Å². The van der Waals surface area contributed by atoms with E-state index in [-0.39, 0.29) is 0 Å². The molecule has 1 heteroatoms. The Hall–Kier alpha value is -0.300. The van der Waals surface area contributed by atoms with Gasteiger partial charge >= 0.3 is 0 Å². The molecule has 1 atom stereocenters. The Labute approximate surface area is 81.4 Å². The lowest BCUT2D eigenvalue weighted by Gasteiger charge is -2.21. The van der Waals surface area contributed by atoms with Crippen molar-refractivity contribution in [2.75, 3.05) is 0 Å². The minimum Gasteiger partial charge on any atom is -0.324 e. The van der Waals surface area contributed by atoms with Crippen molar-refractivity contribution >= 4 is 0 Å². The summed E-state index contributed by atoms with van der Waals surface area (Å²) in [4.78, 5) is 0. The standard InChI is InChI=1S/C12H21N/c1-12(8-9-12)11(13)10-6-4-2-3-5-7-10/h6,11H,2-5,7-9,13H2,1H3. The maximum Gasteiger partial charge on any atom is 0.0308 e. The van der Waals surface area contributed by atoms with E-state index >= 15 is 0 Å². The van der Waals surface area contributed by atoms with Crippen LogP contribution in [0.25, 0.3) is 0 Å². The van der Waals surface area contributed by atoms with Crippen molar-refractivity contribution in [1.82, 2.24) is 0 Å². The number of allylic oxidation sites excluding steroid dienone is 1. The van der Waals surface area contributed by atoms with Crippen molar-refractivity contribution < 1.29 is 0 Å². The first-order valence-electron chi connectivity index (χ1n) is 5.67. The molecule has 0 aromatic heterocycles. The molecule has 0 saturated heterocycles. The zero-order chi connectivity index (χ0) is 9.31. The van der Waals surface area contributed by atoms with E-state index in [1.54, 1.807) is 5.57 Å². The van der Waals surface area contributed by atoms with Gasteiger partial charge in [-0.1, -0.05) is 25.0 Å².